The molecule has 0 aliphatic rings. The number of anilines is 1. The molecule has 0 saturated carbocycles. The topological polar surface area (TPSA) is 54.5 Å². The smallest absolute Gasteiger partial charge is 0.252 e. The van der Waals surface area contributed by atoms with Crippen LogP contribution in [0.2, 0.25) is 0 Å². The van der Waals surface area contributed by atoms with Crippen molar-refractivity contribution in [2.75, 3.05) is 31.1 Å². The van der Waals surface area contributed by atoms with E-state index < -0.39 is 0 Å². The van der Waals surface area contributed by atoms with Gasteiger partial charge in [-0.3, -0.25) is 4.79 Å². The molecule has 168 valence electrons. The Morgan fingerprint density at radius 3 is 2.39 bits per heavy atom. The van der Waals surface area contributed by atoms with Crippen LogP contribution in [0.15, 0.2) is 84.9 Å². The molecule has 0 aliphatic carbocycles. The van der Waals surface area contributed by atoms with E-state index in [-0.39, 0.29) is 5.91 Å². The quantitative estimate of drug-likeness (QED) is 0.371. The largest absolute Gasteiger partial charge is 0.494 e. The van der Waals surface area contributed by atoms with Crippen molar-refractivity contribution in [2.24, 2.45) is 0 Å². The number of hydrogen-bond acceptors (Lipinski definition) is 4. The zero-order valence-corrected chi connectivity index (χ0v) is 19.1. The second-order valence-electron chi connectivity index (χ2n) is 7.70. The fourth-order valence-electron chi connectivity index (χ4n) is 3.91. The molecule has 0 unspecified atom stereocenters. The number of nitrogens with one attached hydrogen (secondary N) is 1. The van der Waals surface area contributed by atoms with Crippen molar-refractivity contribution in [1.82, 2.24) is 10.3 Å². The fraction of sp³-hybridized carbons (Fsp3) is 0.214. The van der Waals surface area contributed by atoms with Crippen LogP contribution >= 0.6 is 0 Å². The maximum atomic E-state index is 13.2. The van der Waals surface area contributed by atoms with E-state index in [2.05, 4.69) is 29.3 Å². The molecule has 1 aromatic heterocycles. The number of rotatable bonds is 9. The zero-order valence-electron chi connectivity index (χ0n) is 19.1. The number of aromatic nitrogens is 1. The molecule has 0 aliphatic heterocycles. The molecule has 5 heteroatoms. The van der Waals surface area contributed by atoms with E-state index in [9.17, 15) is 4.79 Å². The molecule has 3 aromatic carbocycles. The second kappa shape index (κ2) is 10.6. The van der Waals surface area contributed by atoms with Crippen LogP contribution in [0.25, 0.3) is 22.2 Å². The number of likely N-dealkylation sites (N-methyl/N-ethyl adjacent to an activating group) is 1. The molecule has 1 N–H and O–H groups in total. The lowest BCUT2D eigenvalue weighted by molar-refractivity contribution is 0.0956. The van der Waals surface area contributed by atoms with Gasteiger partial charge in [-0.05, 0) is 62.4 Å². The van der Waals surface area contributed by atoms with Gasteiger partial charge < -0.3 is 15.0 Å². The summed E-state index contributed by atoms with van der Waals surface area (Å²) in [5, 5.41) is 3.95. The van der Waals surface area contributed by atoms with E-state index in [0.717, 1.165) is 46.7 Å². The van der Waals surface area contributed by atoms with Crippen molar-refractivity contribution < 1.29 is 9.53 Å². The van der Waals surface area contributed by atoms with Gasteiger partial charge >= 0.3 is 0 Å². The molecule has 5 nitrogen and oxygen atoms in total. The Kier molecular flexibility index (Phi) is 7.20. The van der Waals surface area contributed by atoms with Crippen LogP contribution in [-0.4, -0.2) is 37.1 Å². The third-order valence-electron chi connectivity index (χ3n) is 5.59. The van der Waals surface area contributed by atoms with Gasteiger partial charge in [0.05, 0.1) is 23.4 Å². The monoisotopic (exact) mass is 439 g/mol. The van der Waals surface area contributed by atoms with Gasteiger partial charge in [0.1, 0.15) is 5.75 Å². The van der Waals surface area contributed by atoms with Crippen LogP contribution < -0.4 is 15.0 Å². The molecule has 33 heavy (non-hydrogen) atoms. The van der Waals surface area contributed by atoms with E-state index in [1.807, 2.05) is 79.7 Å². The number of benzene rings is 3. The summed E-state index contributed by atoms with van der Waals surface area (Å²) in [6.07, 6.45) is 0. The highest BCUT2D eigenvalue weighted by Gasteiger charge is 2.14. The summed E-state index contributed by atoms with van der Waals surface area (Å²) in [6.45, 7) is 6.87. The molecular formula is C28H29N3O2. The molecular weight excluding hydrogens is 410 g/mol. The maximum Gasteiger partial charge on any atom is 0.252 e. The van der Waals surface area contributed by atoms with Gasteiger partial charge in [-0.2, -0.15) is 0 Å². The first-order valence-electron chi connectivity index (χ1n) is 11.4. The summed E-state index contributed by atoms with van der Waals surface area (Å²) in [5.74, 6) is 0.726. The summed E-state index contributed by atoms with van der Waals surface area (Å²) < 4.78 is 5.55. The van der Waals surface area contributed by atoms with Crippen molar-refractivity contribution in [3.63, 3.8) is 0 Å². The highest BCUT2D eigenvalue weighted by atomic mass is 16.5. The van der Waals surface area contributed by atoms with Gasteiger partial charge in [0.25, 0.3) is 5.91 Å². The van der Waals surface area contributed by atoms with Crippen molar-refractivity contribution in [2.45, 2.75) is 13.8 Å². The third kappa shape index (κ3) is 5.32. The fourth-order valence-corrected chi connectivity index (χ4v) is 3.91. The number of nitrogens with zero attached hydrogens (tertiary/aromatic N) is 2. The molecule has 1 amide bonds. The lowest BCUT2D eigenvalue weighted by Crippen LogP contribution is -2.35. The Morgan fingerprint density at radius 2 is 1.67 bits per heavy atom. The van der Waals surface area contributed by atoms with Crippen molar-refractivity contribution in [3.05, 3.63) is 90.5 Å². The lowest BCUT2D eigenvalue weighted by Gasteiger charge is -2.23. The number of pyridine rings is 1. The molecule has 1 heterocycles. The molecule has 0 saturated heterocycles. The normalized spacial score (nSPS) is 10.7. The number of fused-ring (bicyclic) bond motifs is 1. The predicted octanol–water partition coefficient (Wildman–Crippen LogP) is 5.56. The Bertz CT molecular complexity index is 1210. The van der Waals surface area contributed by atoms with Gasteiger partial charge in [-0.1, -0.05) is 36.4 Å². The maximum absolute atomic E-state index is 13.2. The summed E-state index contributed by atoms with van der Waals surface area (Å²) in [7, 11) is 0. The summed E-state index contributed by atoms with van der Waals surface area (Å²) in [5.41, 5.74) is 4.29. The van der Waals surface area contributed by atoms with Crippen molar-refractivity contribution in [1.29, 1.82) is 0 Å². The molecule has 0 spiro atoms. The van der Waals surface area contributed by atoms with Gasteiger partial charge in [0.15, 0.2) is 0 Å². The van der Waals surface area contributed by atoms with Crippen LogP contribution in [0.5, 0.6) is 5.75 Å². The SMILES string of the molecule is CCOc1ccc(-c2cc(C(=O)NCCN(CC)c3ccccc3)c3ccccc3n2)cc1. The van der Waals surface area contributed by atoms with Crippen LogP contribution in [-0.2, 0) is 0 Å². The predicted molar refractivity (Wildman–Crippen MR) is 135 cm³/mol. The van der Waals surface area contributed by atoms with E-state index in [4.69, 9.17) is 9.72 Å². The molecule has 0 bridgehead atoms. The molecule has 0 fully saturated rings. The molecule has 4 aromatic rings. The van der Waals surface area contributed by atoms with Crippen LogP contribution in [0.1, 0.15) is 24.2 Å². The third-order valence-corrected chi connectivity index (χ3v) is 5.59. The average Bonchev–Trinajstić information content (AvgIpc) is 2.87. The van der Waals surface area contributed by atoms with E-state index in [1.165, 1.54) is 0 Å². The number of para-hydroxylation sites is 2. The molecule has 0 radical (unpaired) electrons. The number of carbonyl (C=O) groups is 1. The van der Waals surface area contributed by atoms with Crippen molar-refractivity contribution >= 4 is 22.5 Å². The zero-order chi connectivity index (χ0) is 23.0. The Hall–Kier alpha value is -3.86. The summed E-state index contributed by atoms with van der Waals surface area (Å²) >= 11 is 0. The van der Waals surface area contributed by atoms with E-state index in [0.29, 0.717) is 18.7 Å². The summed E-state index contributed by atoms with van der Waals surface area (Å²) in [4.78, 5) is 20.3. The minimum absolute atomic E-state index is 0.0927. The first-order valence-corrected chi connectivity index (χ1v) is 11.4. The lowest BCUT2D eigenvalue weighted by atomic mass is 10.0. The number of carbonyl (C=O) groups excluding carboxylic acids is 1. The van der Waals surface area contributed by atoms with E-state index >= 15 is 0 Å². The molecule has 0 atom stereocenters. The highest BCUT2D eigenvalue weighted by Crippen LogP contribution is 2.26. The van der Waals surface area contributed by atoms with Gasteiger partial charge in [0.2, 0.25) is 0 Å². The van der Waals surface area contributed by atoms with Gasteiger partial charge in [-0.15, -0.1) is 0 Å². The molecule has 4 rings (SSSR count). The van der Waals surface area contributed by atoms with Gasteiger partial charge in [-0.25, -0.2) is 4.98 Å². The van der Waals surface area contributed by atoms with Crippen molar-refractivity contribution in [3.8, 4) is 17.0 Å². The van der Waals surface area contributed by atoms with E-state index in [1.54, 1.807) is 0 Å². The highest BCUT2D eigenvalue weighted by molar-refractivity contribution is 6.07. The summed E-state index contributed by atoms with van der Waals surface area (Å²) in [6, 6.07) is 27.7. The van der Waals surface area contributed by atoms with Crippen LogP contribution in [0.4, 0.5) is 5.69 Å². The minimum Gasteiger partial charge on any atom is -0.494 e. The number of hydrogen-bond donors (Lipinski definition) is 1. The number of amides is 1. The standard InChI is InChI=1S/C28H29N3O2/c1-3-31(22-10-6-5-7-11-22)19-18-29-28(32)25-20-27(30-26-13-9-8-12-24(25)26)21-14-16-23(17-15-21)33-4-2/h5-17,20H,3-4,18-19H2,1-2H3,(H,29,32). The van der Waals surface area contributed by atoms with Gasteiger partial charge in [0, 0.05) is 36.3 Å². The van der Waals surface area contributed by atoms with Crippen LogP contribution in [0, 0.1) is 0 Å². The Labute approximate surface area is 195 Å². The minimum atomic E-state index is -0.0927. The number of ether oxygens (including phenoxy) is 1. The first kappa shape index (κ1) is 22.3. The first-order chi connectivity index (χ1) is 16.2. The average molecular weight is 440 g/mol. The van der Waals surface area contributed by atoms with Crippen LogP contribution in [0.3, 0.4) is 0 Å². The Balaban J connectivity index is 1.55. The Morgan fingerprint density at radius 1 is 0.939 bits per heavy atom. The second-order valence-corrected chi connectivity index (χ2v) is 7.70.